The summed E-state index contributed by atoms with van der Waals surface area (Å²) in [4.78, 5) is 11.7. The number of hydrogen-bond acceptors (Lipinski definition) is 6. The van der Waals surface area contributed by atoms with Crippen molar-refractivity contribution in [1.29, 1.82) is 5.26 Å². The quantitative estimate of drug-likeness (QED) is 0.789. The third kappa shape index (κ3) is 3.64. The molecule has 0 N–H and O–H groups in total. The van der Waals surface area contributed by atoms with E-state index in [0.717, 1.165) is 17.0 Å². The molecule has 0 aliphatic heterocycles. The van der Waals surface area contributed by atoms with Crippen LogP contribution in [0.2, 0.25) is 0 Å². The van der Waals surface area contributed by atoms with Gasteiger partial charge in [-0.05, 0) is 45.0 Å². The van der Waals surface area contributed by atoms with Gasteiger partial charge >= 0.3 is 5.97 Å². The third-order valence-corrected chi connectivity index (χ3v) is 3.12. The second kappa shape index (κ2) is 6.76. The van der Waals surface area contributed by atoms with E-state index in [2.05, 4.69) is 5.16 Å². The number of aromatic nitrogens is 1. The lowest BCUT2D eigenvalue weighted by Crippen LogP contribution is -2.12. The van der Waals surface area contributed by atoms with Gasteiger partial charge in [-0.25, -0.2) is 4.79 Å². The van der Waals surface area contributed by atoms with Crippen molar-refractivity contribution in [1.82, 2.24) is 5.16 Å². The number of benzene rings is 1. The number of carbonyl (C=O) groups is 1. The molecule has 0 radical (unpaired) electrons. The van der Waals surface area contributed by atoms with Crippen LogP contribution in [0.15, 0.2) is 28.8 Å². The SMILES string of the molecule is Cc1noc(C)c1COc1ccc(C(=O)OC(C)C#N)cc1. The van der Waals surface area contributed by atoms with E-state index in [-0.39, 0.29) is 0 Å². The van der Waals surface area contributed by atoms with Crippen molar-refractivity contribution in [3.63, 3.8) is 0 Å². The van der Waals surface area contributed by atoms with Gasteiger partial charge in [-0.15, -0.1) is 0 Å². The number of hydrogen-bond donors (Lipinski definition) is 0. The summed E-state index contributed by atoms with van der Waals surface area (Å²) >= 11 is 0. The third-order valence-electron chi connectivity index (χ3n) is 3.12. The summed E-state index contributed by atoms with van der Waals surface area (Å²) in [5.74, 6) is 0.805. The molecule has 0 amide bonds. The highest BCUT2D eigenvalue weighted by atomic mass is 16.5. The summed E-state index contributed by atoms with van der Waals surface area (Å²) in [6.45, 7) is 5.54. The van der Waals surface area contributed by atoms with Crippen molar-refractivity contribution >= 4 is 5.97 Å². The van der Waals surface area contributed by atoms with Gasteiger partial charge in [-0.1, -0.05) is 5.16 Å². The minimum Gasteiger partial charge on any atom is -0.489 e. The van der Waals surface area contributed by atoms with E-state index in [1.54, 1.807) is 24.3 Å². The van der Waals surface area contributed by atoms with Crippen molar-refractivity contribution in [2.24, 2.45) is 0 Å². The van der Waals surface area contributed by atoms with E-state index < -0.39 is 12.1 Å². The number of carbonyl (C=O) groups excluding carboxylic acids is 1. The molecule has 0 fully saturated rings. The molecule has 0 saturated heterocycles. The summed E-state index contributed by atoms with van der Waals surface area (Å²) in [7, 11) is 0. The molecule has 0 spiro atoms. The van der Waals surface area contributed by atoms with Gasteiger partial charge < -0.3 is 14.0 Å². The fourth-order valence-electron chi connectivity index (χ4n) is 1.81. The Morgan fingerprint density at radius 1 is 1.36 bits per heavy atom. The Morgan fingerprint density at radius 3 is 2.59 bits per heavy atom. The smallest absolute Gasteiger partial charge is 0.339 e. The van der Waals surface area contributed by atoms with Crippen molar-refractivity contribution in [3.8, 4) is 11.8 Å². The predicted octanol–water partition coefficient (Wildman–Crippen LogP) is 2.94. The standard InChI is InChI=1S/C16H16N2O4/c1-10(8-17)21-16(19)13-4-6-14(7-5-13)20-9-15-11(2)18-22-12(15)3/h4-7,10H,9H2,1-3H3. The Bertz CT molecular complexity index is 678. The van der Waals surface area contributed by atoms with Crippen LogP contribution < -0.4 is 4.74 Å². The second-order valence-electron chi connectivity index (χ2n) is 4.79. The highest BCUT2D eigenvalue weighted by molar-refractivity contribution is 5.89. The van der Waals surface area contributed by atoms with Crippen LogP contribution in [0, 0.1) is 25.2 Å². The van der Waals surface area contributed by atoms with Crippen LogP contribution in [-0.4, -0.2) is 17.2 Å². The maximum atomic E-state index is 11.7. The number of esters is 1. The summed E-state index contributed by atoms with van der Waals surface area (Å²) in [5.41, 5.74) is 2.07. The number of aryl methyl sites for hydroxylation is 2. The van der Waals surface area contributed by atoms with Crippen molar-refractivity contribution < 1.29 is 18.8 Å². The van der Waals surface area contributed by atoms with E-state index in [1.807, 2.05) is 19.9 Å². The molecule has 6 heteroatoms. The first-order valence-electron chi connectivity index (χ1n) is 6.76. The van der Waals surface area contributed by atoms with E-state index in [1.165, 1.54) is 6.92 Å². The Kier molecular flexibility index (Phi) is 4.79. The lowest BCUT2D eigenvalue weighted by atomic mass is 10.2. The molecule has 1 atom stereocenters. The van der Waals surface area contributed by atoms with Gasteiger partial charge in [0.2, 0.25) is 0 Å². The number of rotatable bonds is 5. The number of nitriles is 1. The Balaban J connectivity index is 1.98. The van der Waals surface area contributed by atoms with Crippen LogP contribution >= 0.6 is 0 Å². The maximum absolute atomic E-state index is 11.7. The minimum absolute atomic E-state index is 0.344. The van der Waals surface area contributed by atoms with Crippen molar-refractivity contribution in [3.05, 3.63) is 46.8 Å². The summed E-state index contributed by atoms with van der Waals surface area (Å²) in [6.07, 6.45) is -0.775. The molecule has 0 aliphatic carbocycles. The fourth-order valence-corrected chi connectivity index (χ4v) is 1.81. The minimum atomic E-state index is -0.775. The van der Waals surface area contributed by atoms with Gasteiger partial charge in [0.25, 0.3) is 0 Å². The summed E-state index contributed by atoms with van der Waals surface area (Å²) < 4.78 is 15.6. The number of nitrogens with zero attached hydrogens (tertiary/aromatic N) is 2. The topological polar surface area (TPSA) is 85.3 Å². The molecule has 0 bridgehead atoms. The predicted molar refractivity (Wildman–Crippen MR) is 77.2 cm³/mol. The molecule has 114 valence electrons. The van der Waals surface area contributed by atoms with Gasteiger partial charge in [0.15, 0.2) is 6.10 Å². The molecule has 1 heterocycles. The molecule has 2 aromatic rings. The Morgan fingerprint density at radius 2 is 2.05 bits per heavy atom. The molecule has 1 aromatic heterocycles. The normalized spacial score (nSPS) is 11.5. The summed E-state index contributed by atoms with van der Waals surface area (Å²) in [5, 5.41) is 12.5. The fraction of sp³-hybridized carbons (Fsp3) is 0.312. The lowest BCUT2D eigenvalue weighted by molar-refractivity contribution is 0.0435. The first-order valence-corrected chi connectivity index (χ1v) is 6.76. The van der Waals surface area contributed by atoms with Crippen LogP contribution in [0.3, 0.4) is 0 Å². The van der Waals surface area contributed by atoms with Crippen LogP contribution in [0.5, 0.6) is 5.75 Å². The number of ether oxygens (including phenoxy) is 2. The molecule has 1 unspecified atom stereocenters. The van der Waals surface area contributed by atoms with Crippen LogP contribution in [0.25, 0.3) is 0 Å². The molecular formula is C16H16N2O4. The van der Waals surface area contributed by atoms with Crippen LogP contribution in [0.1, 0.15) is 34.3 Å². The zero-order chi connectivity index (χ0) is 16.1. The molecule has 0 aliphatic rings. The molecule has 2 rings (SSSR count). The summed E-state index contributed by atoms with van der Waals surface area (Å²) in [6, 6.07) is 8.37. The van der Waals surface area contributed by atoms with Gasteiger partial charge in [0.1, 0.15) is 24.2 Å². The zero-order valence-corrected chi connectivity index (χ0v) is 12.6. The molecular weight excluding hydrogens is 284 g/mol. The van der Waals surface area contributed by atoms with E-state index in [4.69, 9.17) is 19.3 Å². The second-order valence-corrected chi connectivity index (χ2v) is 4.79. The monoisotopic (exact) mass is 300 g/mol. The largest absolute Gasteiger partial charge is 0.489 e. The highest BCUT2D eigenvalue weighted by Crippen LogP contribution is 2.18. The van der Waals surface area contributed by atoms with Gasteiger partial charge in [0, 0.05) is 0 Å². The Labute approximate surface area is 128 Å². The molecule has 0 saturated carbocycles. The van der Waals surface area contributed by atoms with Crippen LogP contribution in [0.4, 0.5) is 0 Å². The average molecular weight is 300 g/mol. The van der Waals surface area contributed by atoms with Crippen molar-refractivity contribution in [2.45, 2.75) is 33.5 Å². The Hall–Kier alpha value is -2.81. The average Bonchev–Trinajstić information content (AvgIpc) is 2.84. The van der Waals surface area contributed by atoms with E-state index in [9.17, 15) is 4.79 Å². The van der Waals surface area contributed by atoms with Gasteiger partial charge in [0.05, 0.1) is 16.8 Å². The van der Waals surface area contributed by atoms with Crippen molar-refractivity contribution in [2.75, 3.05) is 0 Å². The van der Waals surface area contributed by atoms with Gasteiger partial charge in [-0.2, -0.15) is 5.26 Å². The zero-order valence-electron chi connectivity index (χ0n) is 12.6. The molecule has 1 aromatic carbocycles. The first kappa shape index (κ1) is 15.6. The van der Waals surface area contributed by atoms with Gasteiger partial charge in [-0.3, -0.25) is 0 Å². The lowest BCUT2D eigenvalue weighted by Gasteiger charge is -2.08. The highest BCUT2D eigenvalue weighted by Gasteiger charge is 2.12. The molecule has 22 heavy (non-hydrogen) atoms. The van der Waals surface area contributed by atoms with E-state index >= 15 is 0 Å². The first-order chi connectivity index (χ1) is 10.5. The van der Waals surface area contributed by atoms with Crippen LogP contribution in [-0.2, 0) is 11.3 Å². The maximum Gasteiger partial charge on any atom is 0.339 e. The molecule has 6 nitrogen and oxygen atoms in total. The van der Waals surface area contributed by atoms with E-state index in [0.29, 0.717) is 17.9 Å².